The molecule has 2 aromatic rings. The van der Waals surface area contributed by atoms with Crippen molar-refractivity contribution in [3.63, 3.8) is 0 Å². The van der Waals surface area contributed by atoms with Gasteiger partial charge in [-0.05, 0) is 0 Å². The van der Waals surface area contributed by atoms with Gasteiger partial charge in [0.05, 0.1) is 0 Å². The molecule has 0 saturated heterocycles. The molecule has 0 spiro atoms. The van der Waals surface area contributed by atoms with E-state index in [1.54, 1.807) is 48.5 Å². The van der Waals surface area contributed by atoms with E-state index in [2.05, 4.69) is 0 Å². The van der Waals surface area contributed by atoms with Gasteiger partial charge in [-0.15, -0.1) is 24.0 Å². The molecule has 1 aliphatic rings. The predicted molar refractivity (Wildman–Crippen MR) is 75.2 cm³/mol. The summed E-state index contributed by atoms with van der Waals surface area (Å²) in [5.74, 6) is -0.128. The van der Waals surface area contributed by atoms with Crippen LogP contribution in [0, 0.1) is 0 Å². The Morgan fingerprint density at radius 3 is 1.00 bits per heavy atom. The zero-order valence-corrected chi connectivity index (χ0v) is 11.2. The number of halogens is 1. The molecule has 2 aromatic carbocycles. The highest BCUT2D eigenvalue weighted by atomic mass is 127. The third-order valence-corrected chi connectivity index (χ3v) is 2.83. The van der Waals surface area contributed by atoms with Gasteiger partial charge in [0.1, 0.15) is 0 Å². The van der Waals surface area contributed by atoms with E-state index in [0.29, 0.717) is 22.3 Å². The minimum Gasteiger partial charge on any atom is -0.289 e. The molecule has 3 heteroatoms. The summed E-state index contributed by atoms with van der Waals surface area (Å²) in [4.78, 5) is 24.2. The summed E-state index contributed by atoms with van der Waals surface area (Å²) >= 11 is 0. The zero-order chi connectivity index (χ0) is 11.1. The average molecular weight is 336 g/mol. The lowest BCUT2D eigenvalue weighted by atomic mass is 9.84. The molecule has 0 aromatic heterocycles. The van der Waals surface area contributed by atoms with E-state index in [1.807, 2.05) is 0 Å². The van der Waals surface area contributed by atoms with Crippen LogP contribution in [0.1, 0.15) is 31.8 Å². The summed E-state index contributed by atoms with van der Waals surface area (Å²) in [6.45, 7) is 0. The van der Waals surface area contributed by atoms with Crippen molar-refractivity contribution in [3.8, 4) is 0 Å². The van der Waals surface area contributed by atoms with Crippen molar-refractivity contribution < 1.29 is 9.59 Å². The second-order valence-corrected chi connectivity index (χ2v) is 3.75. The smallest absolute Gasteiger partial charge is 0.194 e. The summed E-state index contributed by atoms with van der Waals surface area (Å²) < 4.78 is 0. The first-order valence-electron chi connectivity index (χ1n) is 5.06. The molecule has 17 heavy (non-hydrogen) atoms. The summed E-state index contributed by atoms with van der Waals surface area (Å²) in [7, 11) is 0. The molecule has 1 aliphatic carbocycles. The number of rotatable bonds is 0. The van der Waals surface area contributed by atoms with Gasteiger partial charge in [-0.3, -0.25) is 9.59 Å². The lowest BCUT2D eigenvalue weighted by Gasteiger charge is -2.16. The molecule has 0 unspecified atom stereocenters. The largest absolute Gasteiger partial charge is 0.289 e. The molecule has 0 amide bonds. The Morgan fingerprint density at radius 2 is 0.765 bits per heavy atom. The fraction of sp³-hybridized carbons (Fsp3) is 0. The van der Waals surface area contributed by atoms with Gasteiger partial charge in [0.15, 0.2) is 11.6 Å². The van der Waals surface area contributed by atoms with Gasteiger partial charge < -0.3 is 0 Å². The van der Waals surface area contributed by atoms with Gasteiger partial charge in [-0.2, -0.15) is 0 Å². The van der Waals surface area contributed by atoms with Crippen LogP contribution in [0.3, 0.4) is 0 Å². The van der Waals surface area contributed by atoms with Crippen molar-refractivity contribution >= 4 is 35.5 Å². The monoisotopic (exact) mass is 336 g/mol. The van der Waals surface area contributed by atoms with Gasteiger partial charge in [0.2, 0.25) is 0 Å². The third kappa shape index (κ3) is 1.70. The molecule has 0 bridgehead atoms. The van der Waals surface area contributed by atoms with Crippen molar-refractivity contribution in [1.82, 2.24) is 0 Å². The Kier molecular flexibility index (Phi) is 3.11. The van der Waals surface area contributed by atoms with Crippen LogP contribution in [0.4, 0.5) is 0 Å². The Labute approximate surface area is 116 Å². The van der Waals surface area contributed by atoms with Crippen LogP contribution in [-0.4, -0.2) is 11.6 Å². The minimum atomic E-state index is -0.0641. The summed E-state index contributed by atoms with van der Waals surface area (Å²) in [5.41, 5.74) is 2.02. The van der Waals surface area contributed by atoms with Crippen molar-refractivity contribution in [2.24, 2.45) is 0 Å². The summed E-state index contributed by atoms with van der Waals surface area (Å²) in [6.07, 6.45) is 0. The lowest BCUT2D eigenvalue weighted by molar-refractivity contribution is 0.0979. The van der Waals surface area contributed by atoms with Gasteiger partial charge in [0, 0.05) is 22.3 Å². The van der Waals surface area contributed by atoms with Crippen LogP contribution in [0.15, 0.2) is 48.5 Å². The van der Waals surface area contributed by atoms with Gasteiger partial charge in [0.25, 0.3) is 0 Å². The van der Waals surface area contributed by atoms with Crippen molar-refractivity contribution in [3.05, 3.63) is 70.8 Å². The second-order valence-electron chi connectivity index (χ2n) is 3.75. The molecular formula is C14H9IO2. The maximum absolute atomic E-state index is 12.1. The quantitative estimate of drug-likeness (QED) is 0.591. The number of benzene rings is 2. The van der Waals surface area contributed by atoms with E-state index in [4.69, 9.17) is 0 Å². The van der Waals surface area contributed by atoms with Gasteiger partial charge >= 0.3 is 0 Å². The molecule has 3 rings (SSSR count). The molecule has 2 nitrogen and oxygen atoms in total. The molecule has 0 N–H and O–H groups in total. The van der Waals surface area contributed by atoms with E-state index in [9.17, 15) is 9.59 Å². The highest BCUT2D eigenvalue weighted by Gasteiger charge is 2.28. The number of carbonyl (C=O) groups excluding carboxylic acids is 2. The predicted octanol–water partition coefficient (Wildman–Crippen LogP) is 3.08. The molecular weight excluding hydrogens is 327 g/mol. The van der Waals surface area contributed by atoms with Gasteiger partial charge in [-0.25, -0.2) is 0 Å². The molecule has 0 heterocycles. The lowest BCUT2D eigenvalue weighted by Crippen LogP contribution is -2.20. The Balaban J connectivity index is 0.00000108. The molecule has 0 fully saturated rings. The van der Waals surface area contributed by atoms with Crippen molar-refractivity contribution in [1.29, 1.82) is 0 Å². The first-order chi connectivity index (χ1) is 7.79. The van der Waals surface area contributed by atoms with E-state index >= 15 is 0 Å². The maximum Gasteiger partial charge on any atom is 0.194 e. The maximum atomic E-state index is 12.1. The Morgan fingerprint density at radius 1 is 0.529 bits per heavy atom. The Hall–Kier alpha value is -1.49. The second kappa shape index (κ2) is 4.41. The van der Waals surface area contributed by atoms with E-state index in [1.165, 1.54) is 0 Å². The average Bonchev–Trinajstić information content (AvgIpc) is 2.36. The van der Waals surface area contributed by atoms with Crippen LogP contribution in [-0.2, 0) is 0 Å². The first kappa shape index (κ1) is 12.0. The normalized spacial score (nSPS) is 12.5. The number of hydrogen-bond donors (Lipinski definition) is 0. The zero-order valence-electron chi connectivity index (χ0n) is 8.84. The summed E-state index contributed by atoms with van der Waals surface area (Å²) in [6, 6.07) is 13.9. The number of carbonyl (C=O) groups is 2. The topological polar surface area (TPSA) is 34.1 Å². The van der Waals surface area contributed by atoms with Crippen LogP contribution in [0.5, 0.6) is 0 Å². The highest BCUT2D eigenvalue weighted by Crippen LogP contribution is 2.26. The molecule has 0 saturated carbocycles. The van der Waals surface area contributed by atoms with Crippen molar-refractivity contribution in [2.75, 3.05) is 0 Å². The van der Waals surface area contributed by atoms with Crippen molar-refractivity contribution in [2.45, 2.75) is 0 Å². The van der Waals surface area contributed by atoms with E-state index < -0.39 is 0 Å². The fourth-order valence-electron chi connectivity index (χ4n) is 2.05. The Bertz CT molecular complexity index is 512. The molecule has 0 aliphatic heterocycles. The molecule has 0 radical (unpaired) electrons. The van der Waals surface area contributed by atoms with Crippen LogP contribution in [0.2, 0.25) is 0 Å². The number of ketones is 2. The molecule has 84 valence electrons. The highest BCUT2D eigenvalue weighted by molar-refractivity contribution is 14.0. The van der Waals surface area contributed by atoms with Crippen LogP contribution >= 0.6 is 24.0 Å². The standard InChI is InChI=1S/C14H8O2.HI/c15-13-9-5-1-2-6-10(9)14(16)12-8-4-3-7-11(12)13;/h1-8H;1H. The third-order valence-electron chi connectivity index (χ3n) is 2.83. The molecule has 0 atom stereocenters. The first-order valence-corrected chi connectivity index (χ1v) is 5.06. The van der Waals surface area contributed by atoms with Crippen LogP contribution in [0.25, 0.3) is 0 Å². The summed E-state index contributed by atoms with van der Waals surface area (Å²) in [5, 5.41) is 0. The number of fused-ring (bicyclic) bond motifs is 2. The minimum absolute atomic E-state index is 0. The fourth-order valence-corrected chi connectivity index (χ4v) is 2.05. The van der Waals surface area contributed by atoms with E-state index in [-0.39, 0.29) is 35.5 Å². The van der Waals surface area contributed by atoms with Gasteiger partial charge in [-0.1, -0.05) is 48.5 Å². The van der Waals surface area contributed by atoms with E-state index in [0.717, 1.165) is 0 Å². The van der Waals surface area contributed by atoms with Crippen LogP contribution < -0.4 is 0 Å². The SMILES string of the molecule is I.O=C1c2ccccc2C(=O)c2ccccc21. The number of hydrogen-bond acceptors (Lipinski definition) is 2.